The summed E-state index contributed by atoms with van der Waals surface area (Å²) in [5.74, 6) is -0.773. The number of aryl methyl sites for hydroxylation is 1. The van der Waals surface area contributed by atoms with Crippen LogP contribution in [-0.4, -0.2) is 45.5 Å². The quantitative estimate of drug-likeness (QED) is 0.241. The Kier molecular flexibility index (Phi) is 8.58. The van der Waals surface area contributed by atoms with Gasteiger partial charge in [-0.25, -0.2) is 22.9 Å². The molecule has 0 atom stereocenters. The molecule has 11 heteroatoms. The number of sulfonamides is 1. The highest BCUT2D eigenvalue weighted by Crippen LogP contribution is 2.20. The Hall–Kier alpha value is -4.01. The van der Waals surface area contributed by atoms with E-state index in [-0.39, 0.29) is 29.3 Å². The van der Waals surface area contributed by atoms with E-state index in [1.807, 2.05) is 26.8 Å². The molecule has 36 heavy (non-hydrogen) atoms. The van der Waals surface area contributed by atoms with Crippen LogP contribution in [-0.2, 0) is 14.8 Å². The lowest BCUT2D eigenvalue weighted by molar-refractivity contribution is -0.117. The van der Waals surface area contributed by atoms with Crippen molar-refractivity contribution in [2.45, 2.75) is 25.7 Å². The molecule has 0 unspecified atom stereocenters. The van der Waals surface area contributed by atoms with Crippen LogP contribution < -0.4 is 20.6 Å². The maximum Gasteiger partial charge on any atom is 0.362 e. The molecule has 0 radical (unpaired) electrons. The van der Waals surface area contributed by atoms with Crippen molar-refractivity contribution in [3.63, 3.8) is 0 Å². The predicted octanol–water partition coefficient (Wildman–Crippen LogP) is 2.34. The molecule has 188 valence electrons. The number of carbonyl (C=O) groups is 1. The fraction of sp³-hybridized carbons (Fsp3) is 0.280. The van der Waals surface area contributed by atoms with Gasteiger partial charge < -0.3 is 14.6 Å². The molecule has 1 aromatic heterocycles. The maximum absolute atomic E-state index is 12.4. The summed E-state index contributed by atoms with van der Waals surface area (Å²) >= 11 is 0. The van der Waals surface area contributed by atoms with Gasteiger partial charge >= 0.3 is 5.63 Å². The molecule has 2 N–H and O–H groups in total. The Bertz CT molecular complexity index is 1480. The number of benzene rings is 2. The molecule has 0 saturated heterocycles. The molecule has 10 nitrogen and oxygen atoms in total. The summed E-state index contributed by atoms with van der Waals surface area (Å²) < 4.78 is 32.4. The van der Waals surface area contributed by atoms with E-state index in [1.165, 1.54) is 12.1 Å². The number of rotatable bonds is 10. The van der Waals surface area contributed by atoms with E-state index in [9.17, 15) is 23.3 Å². The number of hydrogen-bond donors (Lipinski definition) is 2. The van der Waals surface area contributed by atoms with Crippen LogP contribution in [0.3, 0.4) is 0 Å². The van der Waals surface area contributed by atoms with Gasteiger partial charge in [0.25, 0.3) is 5.91 Å². The normalized spacial score (nSPS) is 11.8. The van der Waals surface area contributed by atoms with Gasteiger partial charge in [0.1, 0.15) is 17.2 Å². The molecule has 0 aliphatic carbocycles. The van der Waals surface area contributed by atoms with Gasteiger partial charge in [0.2, 0.25) is 10.0 Å². The van der Waals surface area contributed by atoms with E-state index >= 15 is 0 Å². The molecule has 3 rings (SSSR count). The van der Waals surface area contributed by atoms with Gasteiger partial charge in [0, 0.05) is 37.9 Å². The summed E-state index contributed by atoms with van der Waals surface area (Å²) in [6, 6.07) is 13.4. The van der Waals surface area contributed by atoms with E-state index in [2.05, 4.69) is 19.9 Å². The molecular formula is C25H27N5O5S. The minimum Gasteiger partial charge on any atom is -0.419 e. The van der Waals surface area contributed by atoms with Crippen LogP contribution in [0.15, 0.2) is 62.1 Å². The monoisotopic (exact) mass is 509 g/mol. The molecule has 2 aromatic carbocycles. The molecule has 0 fully saturated rings. The Labute approximate surface area is 209 Å². The topological polar surface area (TPSA) is 145 Å². The van der Waals surface area contributed by atoms with Crippen molar-refractivity contribution in [1.29, 1.82) is 5.26 Å². The van der Waals surface area contributed by atoms with Crippen molar-refractivity contribution >= 4 is 38.8 Å². The number of anilines is 1. The Morgan fingerprint density at radius 1 is 1.14 bits per heavy atom. The van der Waals surface area contributed by atoms with Crippen molar-refractivity contribution in [3.8, 4) is 6.07 Å². The van der Waals surface area contributed by atoms with Gasteiger partial charge in [-0.3, -0.25) is 4.79 Å². The smallest absolute Gasteiger partial charge is 0.362 e. The number of hydrogen-bond acceptors (Lipinski definition) is 8. The van der Waals surface area contributed by atoms with Gasteiger partial charge in [-0.2, -0.15) is 5.26 Å². The third-order valence-electron chi connectivity index (χ3n) is 5.40. The first-order chi connectivity index (χ1) is 17.2. The van der Waals surface area contributed by atoms with Crippen LogP contribution in [0, 0.1) is 18.3 Å². The van der Waals surface area contributed by atoms with Crippen LogP contribution in [0.2, 0.25) is 0 Å². The van der Waals surface area contributed by atoms with E-state index in [0.717, 1.165) is 30.4 Å². The number of carbonyl (C=O) groups excluding carboxylic acids is 1. The summed E-state index contributed by atoms with van der Waals surface area (Å²) in [5, 5.41) is 11.9. The highest BCUT2D eigenvalue weighted by atomic mass is 32.2. The van der Waals surface area contributed by atoms with Crippen molar-refractivity contribution in [2.24, 2.45) is 0 Å². The van der Waals surface area contributed by atoms with Crippen molar-refractivity contribution in [2.75, 3.05) is 31.1 Å². The van der Waals surface area contributed by atoms with Crippen LogP contribution in [0.25, 0.3) is 17.2 Å². The fourth-order valence-corrected chi connectivity index (χ4v) is 4.46. The average Bonchev–Trinajstić information content (AvgIpc) is 2.86. The number of nitrogens with one attached hydrogen (secondary N) is 2. The second-order valence-corrected chi connectivity index (χ2v) is 9.61. The molecule has 3 aromatic rings. The van der Waals surface area contributed by atoms with E-state index < -0.39 is 21.6 Å². The number of nitriles is 1. The van der Waals surface area contributed by atoms with Gasteiger partial charge in [-0.05, 0) is 51.1 Å². The molecule has 0 aliphatic rings. The second-order valence-electron chi connectivity index (χ2n) is 7.85. The van der Waals surface area contributed by atoms with Crippen molar-refractivity contribution in [1.82, 2.24) is 15.0 Å². The van der Waals surface area contributed by atoms with E-state index in [0.29, 0.717) is 11.1 Å². The van der Waals surface area contributed by atoms with Crippen molar-refractivity contribution in [3.05, 3.63) is 69.7 Å². The summed E-state index contributed by atoms with van der Waals surface area (Å²) in [4.78, 5) is 31.3. The summed E-state index contributed by atoms with van der Waals surface area (Å²) in [6.45, 7) is 7.29. The standard InChI is InChI=1S/C25H27N5O5S/c1-4-30(5-2)19-8-11-21-23(15-19)35-25(32)22(29-21)14-18(16-26)24(31)27-12-13-28-36(33,34)20-9-6-17(3)7-10-20/h6-11,14-15,28H,4-5,12-13H2,1-3H3,(H,27,31)/b18-14+. The van der Waals surface area contributed by atoms with Crippen LogP contribution in [0.4, 0.5) is 5.69 Å². The highest BCUT2D eigenvalue weighted by molar-refractivity contribution is 7.89. The highest BCUT2D eigenvalue weighted by Gasteiger charge is 2.15. The van der Waals surface area contributed by atoms with Crippen LogP contribution >= 0.6 is 0 Å². The molecule has 0 saturated carbocycles. The summed E-state index contributed by atoms with van der Waals surface area (Å²) in [6.07, 6.45) is 1.05. The second kappa shape index (κ2) is 11.6. The molecule has 1 heterocycles. The first kappa shape index (κ1) is 26.6. The Balaban J connectivity index is 1.69. The first-order valence-electron chi connectivity index (χ1n) is 11.3. The number of fused-ring (bicyclic) bond motifs is 1. The Morgan fingerprint density at radius 3 is 2.47 bits per heavy atom. The minimum absolute atomic E-state index is 0.0726. The van der Waals surface area contributed by atoms with Crippen molar-refractivity contribution < 1.29 is 17.6 Å². The third kappa shape index (κ3) is 6.35. The summed E-state index contributed by atoms with van der Waals surface area (Å²) in [7, 11) is -3.74. The lowest BCUT2D eigenvalue weighted by Crippen LogP contribution is -2.35. The molecule has 1 amide bonds. The zero-order chi connectivity index (χ0) is 26.3. The average molecular weight is 510 g/mol. The number of aromatic nitrogens is 1. The minimum atomic E-state index is -3.74. The lowest BCUT2D eigenvalue weighted by atomic mass is 10.2. The zero-order valence-corrected chi connectivity index (χ0v) is 21.1. The first-order valence-corrected chi connectivity index (χ1v) is 12.8. The van der Waals surface area contributed by atoms with Gasteiger partial charge in [-0.1, -0.05) is 17.7 Å². The summed E-state index contributed by atoms with van der Waals surface area (Å²) in [5.41, 5.74) is 1.17. The SMILES string of the molecule is CCN(CC)c1ccc2nc(/C=C(\C#N)C(=O)NCCNS(=O)(=O)c3ccc(C)cc3)c(=O)oc2c1. The molecule has 0 aliphatic heterocycles. The zero-order valence-electron chi connectivity index (χ0n) is 20.2. The molecule has 0 bridgehead atoms. The largest absolute Gasteiger partial charge is 0.419 e. The van der Waals surface area contributed by atoms with Gasteiger partial charge in [-0.15, -0.1) is 0 Å². The molecular weight excluding hydrogens is 482 g/mol. The van der Waals surface area contributed by atoms with Gasteiger partial charge in [0.05, 0.1) is 4.90 Å². The van der Waals surface area contributed by atoms with Gasteiger partial charge in [0.15, 0.2) is 11.3 Å². The number of amides is 1. The maximum atomic E-state index is 12.4. The lowest BCUT2D eigenvalue weighted by Gasteiger charge is -2.20. The van der Waals surface area contributed by atoms with E-state index in [4.69, 9.17) is 4.42 Å². The third-order valence-corrected chi connectivity index (χ3v) is 6.88. The van der Waals surface area contributed by atoms with Crippen LogP contribution in [0.1, 0.15) is 25.1 Å². The Morgan fingerprint density at radius 2 is 1.83 bits per heavy atom. The van der Waals surface area contributed by atoms with E-state index in [1.54, 1.807) is 30.3 Å². The fourth-order valence-electron chi connectivity index (χ4n) is 3.42. The molecule has 0 spiro atoms. The van der Waals surface area contributed by atoms with Crippen LogP contribution in [0.5, 0.6) is 0 Å². The number of nitrogens with zero attached hydrogens (tertiary/aromatic N) is 3. The predicted molar refractivity (Wildman–Crippen MR) is 137 cm³/mol.